The maximum Gasteiger partial charge on any atom is 0.390 e. The summed E-state index contributed by atoms with van der Waals surface area (Å²) in [6, 6.07) is 1.58. The van der Waals surface area contributed by atoms with Gasteiger partial charge in [0.2, 0.25) is 16.0 Å². The highest BCUT2D eigenvalue weighted by atomic mass is 32.2. The number of imidazole rings is 1. The van der Waals surface area contributed by atoms with E-state index in [-0.39, 0.29) is 25.0 Å². The molecule has 0 radical (unpaired) electrons. The van der Waals surface area contributed by atoms with Crippen molar-refractivity contribution >= 4 is 32.7 Å². The van der Waals surface area contributed by atoms with Crippen LogP contribution in [-0.2, 0) is 10.0 Å². The third-order valence-corrected chi connectivity index (χ3v) is 7.17. The Morgan fingerprint density at radius 1 is 1.31 bits per heavy atom. The van der Waals surface area contributed by atoms with E-state index in [1.54, 1.807) is 18.6 Å². The van der Waals surface area contributed by atoms with E-state index in [0.29, 0.717) is 18.0 Å². The number of halogens is 3. The predicted molar refractivity (Wildman–Crippen MR) is 102 cm³/mol. The van der Waals surface area contributed by atoms with Crippen LogP contribution in [-0.4, -0.2) is 63.1 Å². The number of anilines is 1. The molecule has 0 saturated carbocycles. The van der Waals surface area contributed by atoms with Gasteiger partial charge in [0.05, 0.1) is 35.6 Å². The van der Waals surface area contributed by atoms with Gasteiger partial charge in [0.1, 0.15) is 0 Å². The van der Waals surface area contributed by atoms with Crippen LogP contribution in [0.5, 0.6) is 0 Å². The topological polar surface area (TPSA) is 95.4 Å². The number of aromatic nitrogens is 4. The summed E-state index contributed by atoms with van der Waals surface area (Å²) in [4.78, 5) is 11.7. The van der Waals surface area contributed by atoms with Crippen molar-refractivity contribution in [2.45, 2.75) is 32.0 Å². The lowest BCUT2D eigenvalue weighted by atomic mass is 9.95. The third kappa shape index (κ3) is 4.04. The monoisotopic (exact) mass is 430 g/mol. The average Bonchev–Trinajstić information content (AvgIpc) is 3.27. The van der Waals surface area contributed by atoms with Crippen molar-refractivity contribution in [3.63, 3.8) is 0 Å². The summed E-state index contributed by atoms with van der Waals surface area (Å²) in [6.45, 7) is 2.30. The molecule has 1 fully saturated rings. The van der Waals surface area contributed by atoms with E-state index in [0.717, 1.165) is 15.3 Å². The normalized spacial score (nSPS) is 21.8. The number of fused-ring (bicyclic) bond motifs is 3. The largest absolute Gasteiger partial charge is 0.390 e. The standard InChI is InChI=1S/C17H21F3N6O2S/c1-11-3-6-25(29(27,28)7-4-17(18,19)20)10-13(11)24-16-23-9-12-8-22-15-14(26(12)16)2-5-21-15/h2,5,8-9,11,13,21H,3-4,6-7,10H2,1H3,(H,23,24). The number of H-pyrrole nitrogens is 1. The van der Waals surface area contributed by atoms with E-state index in [2.05, 4.69) is 20.3 Å². The molecule has 0 amide bonds. The Balaban J connectivity index is 1.56. The van der Waals surface area contributed by atoms with Gasteiger partial charge < -0.3 is 10.3 Å². The van der Waals surface area contributed by atoms with Gasteiger partial charge in [0.15, 0.2) is 5.65 Å². The zero-order chi connectivity index (χ0) is 20.8. The van der Waals surface area contributed by atoms with Crippen LogP contribution >= 0.6 is 0 Å². The van der Waals surface area contributed by atoms with Gasteiger partial charge in [0.25, 0.3) is 0 Å². The number of nitrogens with zero attached hydrogens (tertiary/aromatic N) is 4. The molecule has 3 aromatic heterocycles. The van der Waals surface area contributed by atoms with Crippen molar-refractivity contribution in [3.8, 4) is 0 Å². The summed E-state index contributed by atoms with van der Waals surface area (Å²) in [6.07, 6.45) is -0.198. The van der Waals surface area contributed by atoms with Crippen molar-refractivity contribution in [3.05, 3.63) is 24.7 Å². The van der Waals surface area contributed by atoms with Crippen molar-refractivity contribution in [1.82, 2.24) is 23.7 Å². The molecule has 4 rings (SSSR count). The fraction of sp³-hybridized carbons (Fsp3) is 0.529. The molecule has 2 unspecified atom stereocenters. The maximum atomic E-state index is 12.5. The summed E-state index contributed by atoms with van der Waals surface area (Å²) >= 11 is 0. The molecule has 0 aromatic carbocycles. The smallest absolute Gasteiger partial charge is 0.351 e. The summed E-state index contributed by atoms with van der Waals surface area (Å²) < 4.78 is 65.3. The van der Waals surface area contributed by atoms with Gasteiger partial charge in [-0.05, 0) is 18.4 Å². The number of piperidine rings is 1. The minimum absolute atomic E-state index is 0.0949. The number of sulfonamides is 1. The summed E-state index contributed by atoms with van der Waals surface area (Å²) in [7, 11) is -3.99. The Hall–Kier alpha value is -2.34. The molecule has 0 aliphatic carbocycles. The van der Waals surface area contributed by atoms with E-state index in [1.807, 2.05) is 17.4 Å². The van der Waals surface area contributed by atoms with E-state index in [1.165, 1.54) is 0 Å². The number of nitrogens with one attached hydrogen (secondary N) is 2. The van der Waals surface area contributed by atoms with Crippen LogP contribution in [0.4, 0.5) is 19.1 Å². The van der Waals surface area contributed by atoms with Crippen molar-refractivity contribution in [2.24, 2.45) is 5.92 Å². The Kier molecular flexibility index (Phi) is 4.93. The Morgan fingerprint density at radius 3 is 2.83 bits per heavy atom. The third-order valence-electron chi connectivity index (χ3n) is 5.33. The molecule has 2 N–H and O–H groups in total. The van der Waals surface area contributed by atoms with Gasteiger partial charge in [-0.2, -0.15) is 17.5 Å². The van der Waals surface area contributed by atoms with Gasteiger partial charge in [-0.1, -0.05) is 6.92 Å². The predicted octanol–water partition coefficient (Wildman–Crippen LogP) is 2.62. The second-order valence-electron chi connectivity index (χ2n) is 7.37. The number of aromatic amines is 1. The average molecular weight is 430 g/mol. The first kappa shape index (κ1) is 20.0. The van der Waals surface area contributed by atoms with Gasteiger partial charge in [0, 0.05) is 25.3 Å². The highest BCUT2D eigenvalue weighted by Crippen LogP contribution is 2.27. The SMILES string of the molecule is CC1CCN(S(=O)(=O)CCC(F)(F)F)CC1Nc1ncc2cnc3[nH]ccc3n12. The highest BCUT2D eigenvalue weighted by molar-refractivity contribution is 7.89. The fourth-order valence-corrected chi connectivity index (χ4v) is 5.12. The summed E-state index contributed by atoms with van der Waals surface area (Å²) in [5.41, 5.74) is 2.28. The molecule has 1 aliphatic heterocycles. The van der Waals surface area contributed by atoms with Crippen molar-refractivity contribution in [2.75, 3.05) is 24.2 Å². The van der Waals surface area contributed by atoms with E-state index in [4.69, 9.17) is 0 Å². The van der Waals surface area contributed by atoms with Gasteiger partial charge in [-0.25, -0.2) is 18.4 Å². The molecule has 0 bridgehead atoms. The second-order valence-corrected chi connectivity index (χ2v) is 9.46. The molecular formula is C17H21F3N6O2S. The first-order valence-corrected chi connectivity index (χ1v) is 10.9. The molecule has 0 spiro atoms. The minimum Gasteiger partial charge on any atom is -0.351 e. The Morgan fingerprint density at radius 2 is 2.07 bits per heavy atom. The van der Waals surface area contributed by atoms with Crippen LogP contribution < -0.4 is 5.32 Å². The van der Waals surface area contributed by atoms with Crippen LogP contribution in [0.25, 0.3) is 16.7 Å². The highest BCUT2D eigenvalue weighted by Gasteiger charge is 2.36. The van der Waals surface area contributed by atoms with Crippen molar-refractivity contribution in [1.29, 1.82) is 0 Å². The maximum absolute atomic E-state index is 12.5. The molecule has 1 saturated heterocycles. The first-order valence-electron chi connectivity index (χ1n) is 9.25. The number of hydrogen-bond donors (Lipinski definition) is 2. The Labute approximate surface area is 165 Å². The van der Waals surface area contributed by atoms with Crippen LogP contribution in [0, 0.1) is 5.92 Å². The fourth-order valence-electron chi connectivity index (χ4n) is 3.60. The zero-order valence-corrected chi connectivity index (χ0v) is 16.5. The van der Waals surface area contributed by atoms with Gasteiger partial charge >= 0.3 is 6.18 Å². The molecule has 2 atom stereocenters. The van der Waals surface area contributed by atoms with Crippen molar-refractivity contribution < 1.29 is 21.6 Å². The Bertz CT molecular complexity index is 1120. The van der Waals surface area contributed by atoms with E-state index in [9.17, 15) is 21.6 Å². The first-order chi connectivity index (χ1) is 13.6. The number of rotatable bonds is 5. The molecular weight excluding hydrogens is 409 g/mol. The molecule has 29 heavy (non-hydrogen) atoms. The lowest BCUT2D eigenvalue weighted by molar-refractivity contribution is -0.130. The summed E-state index contributed by atoms with van der Waals surface area (Å²) in [5.74, 6) is -0.266. The zero-order valence-electron chi connectivity index (χ0n) is 15.6. The van der Waals surface area contributed by atoms with E-state index >= 15 is 0 Å². The molecule has 158 valence electrons. The molecule has 8 nitrogen and oxygen atoms in total. The summed E-state index contributed by atoms with van der Waals surface area (Å²) in [5, 5.41) is 3.29. The number of hydrogen-bond acceptors (Lipinski definition) is 5. The lowest BCUT2D eigenvalue weighted by Crippen LogP contribution is -2.50. The van der Waals surface area contributed by atoms with E-state index < -0.39 is 28.4 Å². The quantitative estimate of drug-likeness (QED) is 0.649. The van der Waals surface area contributed by atoms with Crippen LogP contribution in [0.1, 0.15) is 19.8 Å². The minimum atomic E-state index is -4.50. The van der Waals surface area contributed by atoms with Gasteiger partial charge in [-0.15, -0.1) is 0 Å². The van der Waals surface area contributed by atoms with Gasteiger partial charge in [-0.3, -0.25) is 4.40 Å². The van der Waals surface area contributed by atoms with Crippen LogP contribution in [0.3, 0.4) is 0 Å². The molecule has 3 aromatic rings. The van der Waals surface area contributed by atoms with Crippen LogP contribution in [0.15, 0.2) is 24.7 Å². The lowest BCUT2D eigenvalue weighted by Gasteiger charge is -2.36. The molecule has 1 aliphatic rings. The second kappa shape index (κ2) is 7.17. The van der Waals surface area contributed by atoms with Crippen LogP contribution in [0.2, 0.25) is 0 Å². The molecule has 4 heterocycles. The molecule has 12 heteroatoms. The number of alkyl halides is 3.